The van der Waals surface area contributed by atoms with Gasteiger partial charge in [0.1, 0.15) is 22.8 Å². The summed E-state index contributed by atoms with van der Waals surface area (Å²) in [5.74, 6) is 3.74. The van der Waals surface area contributed by atoms with Gasteiger partial charge in [0.2, 0.25) is 0 Å². The van der Waals surface area contributed by atoms with Gasteiger partial charge in [0.05, 0.1) is 28.4 Å². The van der Waals surface area contributed by atoms with Gasteiger partial charge >= 0.3 is 0 Å². The molecule has 8 heterocycles. The fraction of sp³-hybridized carbons (Fsp3) is 0. The van der Waals surface area contributed by atoms with Gasteiger partial charge in [-0.05, 0) is 127 Å². The molecule has 0 fully saturated rings. The van der Waals surface area contributed by atoms with Crippen molar-refractivity contribution in [1.29, 1.82) is 0 Å². The molecule has 13 nitrogen and oxygen atoms in total. The van der Waals surface area contributed by atoms with Gasteiger partial charge in [-0.2, -0.15) is 0 Å². The van der Waals surface area contributed by atoms with Crippen molar-refractivity contribution in [2.24, 2.45) is 0 Å². The summed E-state index contributed by atoms with van der Waals surface area (Å²) in [6.07, 6.45) is 6.92. The highest BCUT2D eigenvalue weighted by Crippen LogP contribution is 2.56. The number of para-hydroxylation sites is 6. The predicted octanol–water partition coefficient (Wildman–Crippen LogP) is 14.3. The van der Waals surface area contributed by atoms with E-state index >= 15 is 0 Å². The van der Waals surface area contributed by atoms with E-state index in [1.165, 1.54) is 0 Å². The Labute approximate surface area is 428 Å². The van der Waals surface area contributed by atoms with E-state index < -0.39 is 0 Å². The van der Waals surface area contributed by atoms with Crippen molar-refractivity contribution in [3.63, 3.8) is 0 Å². The van der Waals surface area contributed by atoms with Gasteiger partial charge in [-0.25, -0.2) is 29.9 Å². The largest absolute Gasteiger partial charge is 0.453 e. The summed E-state index contributed by atoms with van der Waals surface area (Å²) in [5.41, 5.74) is 9.23. The van der Waals surface area contributed by atoms with Crippen LogP contribution in [0.5, 0.6) is 11.5 Å². The maximum Gasteiger partial charge on any atom is 0.182 e. The van der Waals surface area contributed by atoms with Gasteiger partial charge < -0.3 is 14.5 Å². The third kappa shape index (κ3) is 7.61. The molecule has 0 unspecified atom stereocenters. The number of nitrogens with zero attached hydrogens (tertiary/aromatic N) is 12. The summed E-state index contributed by atoms with van der Waals surface area (Å²) >= 11 is 1.76. The molecule has 0 spiro atoms. The molecule has 348 valence electrons. The van der Waals surface area contributed by atoms with E-state index in [1.807, 2.05) is 109 Å². The average Bonchev–Trinajstić information content (AvgIpc) is 3.48. The molecule has 0 saturated heterocycles. The van der Waals surface area contributed by atoms with Gasteiger partial charge in [-0.3, -0.25) is 19.9 Å². The standard InChI is InChI=1S/C60H36N12OS/c1-5-25-51-46(21-1)72(47-22-2-6-26-52(47)73-51)50-36-38(71-48-23-3-7-27-53(48)74-54-28-8-4-24-49(54)71)35-39-40(50)33-37(55-65-57(42-17-9-13-29-61-42)69-58(66-55)43-18-10-14-30-62-43)34-41(39)56-67-59(44-19-11-15-31-63-44)70-60(68-56)45-20-12-16-32-64-45/h1-36H. The zero-order valence-electron chi connectivity index (χ0n) is 39.0. The number of benzene rings is 6. The minimum atomic E-state index is 0.383. The second kappa shape index (κ2) is 18.0. The van der Waals surface area contributed by atoms with E-state index in [-0.39, 0.29) is 0 Å². The Hall–Kier alpha value is -10.1. The van der Waals surface area contributed by atoms with Gasteiger partial charge in [-0.1, -0.05) is 84.6 Å². The molecule has 2 aliphatic rings. The van der Waals surface area contributed by atoms with Crippen LogP contribution in [-0.2, 0) is 0 Å². The molecule has 6 aromatic heterocycles. The molecule has 12 aromatic rings. The van der Waals surface area contributed by atoms with E-state index in [9.17, 15) is 0 Å². The maximum absolute atomic E-state index is 6.66. The Morgan fingerprint density at radius 3 is 1.22 bits per heavy atom. The zero-order valence-corrected chi connectivity index (χ0v) is 39.8. The second-order valence-electron chi connectivity index (χ2n) is 17.3. The molecule has 0 amide bonds. The number of hydrogen-bond donors (Lipinski definition) is 0. The first kappa shape index (κ1) is 42.8. The van der Waals surface area contributed by atoms with Crippen molar-refractivity contribution < 1.29 is 4.74 Å². The number of hydrogen-bond acceptors (Lipinski definition) is 14. The zero-order chi connectivity index (χ0) is 49.0. The Kier molecular flexibility index (Phi) is 10.4. The highest BCUT2D eigenvalue weighted by molar-refractivity contribution is 7.99. The molecule has 0 saturated carbocycles. The van der Waals surface area contributed by atoms with Crippen molar-refractivity contribution in [3.8, 4) is 80.3 Å². The third-order valence-electron chi connectivity index (χ3n) is 12.7. The van der Waals surface area contributed by atoms with Crippen LogP contribution in [0.3, 0.4) is 0 Å². The van der Waals surface area contributed by atoms with Crippen LogP contribution in [-0.4, -0.2) is 49.8 Å². The van der Waals surface area contributed by atoms with Crippen molar-refractivity contribution in [2.45, 2.75) is 9.79 Å². The lowest BCUT2D eigenvalue weighted by Crippen LogP contribution is -2.18. The quantitative estimate of drug-likeness (QED) is 0.142. The lowest BCUT2D eigenvalue weighted by atomic mass is 9.95. The molecule has 0 bridgehead atoms. The molecule has 74 heavy (non-hydrogen) atoms. The minimum Gasteiger partial charge on any atom is -0.453 e. The summed E-state index contributed by atoms with van der Waals surface area (Å²) in [5, 5.41) is 1.68. The Morgan fingerprint density at radius 2 is 0.743 bits per heavy atom. The van der Waals surface area contributed by atoms with E-state index in [0.29, 0.717) is 80.3 Å². The van der Waals surface area contributed by atoms with Crippen LogP contribution in [0.4, 0.5) is 34.1 Å². The summed E-state index contributed by atoms with van der Waals surface area (Å²) in [6.45, 7) is 0. The van der Waals surface area contributed by atoms with Gasteiger partial charge in [0.15, 0.2) is 46.4 Å². The highest BCUT2D eigenvalue weighted by atomic mass is 32.2. The first-order valence-electron chi connectivity index (χ1n) is 23.8. The van der Waals surface area contributed by atoms with Crippen molar-refractivity contribution in [2.75, 3.05) is 9.80 Å². The number of pyridine rings is 4. The fourth-order valence-corrected chi connectivity index (χ4v) is 10.5. The molecule has 0 aliphatic carbocycles. The maximum atomic E-state index is 6.66. The molecule has 0 N–H and O–H groups in total. The van der Waals surface area contributed by atoms with Crippen LogP contribution in [0.25, 0.3) is 79.6 Å². The smallest absolute Gasteiger partial charge is 0.182 e. The van der Waals surface area contributed by atoms with Crippen LogP contribution >= 0.6 is 11.8 Å². The Morgan fingerprint density at radius 1 is 0.324 bits per heavy atom. The Bertz CT molecular complexity index is 3910. The van der Waals surface area contributed by atoms with Crippen LogP contribution < -0.4 is 14.5 Å². The van der Waals surface area contributed by atoms with E-state index in [2.05, 4.69) is 105 Å². The topological polar surface area (TPSA) is 145 Å². The van der Waals surface area contributed by atoms with Crippen LogP contribution in [0.15, 0.2) is 229 Å². The number of aromatic nitrogens is 10. The SMILES string of the molecule is c1ccc(-c2nc(-c3cc(-c4nc(-c5ccccn5)nc(-c5ccccn5)n4)c4cc(N5c6ccccc6Sc6ccccc65)cc(N5c6ccccc6Oc6ccccc65)c4c3)nc(-c3ccccn3)n2)nc1. The van der Waals surface area contributed by atoms with Crippen LogP contribution in [0.1, 0.15) is 0 Å². The average molecular weight is 973 g/mol. The highest BCUT2D eigenvalue weighted by Gasteiger charge is 2.32. The lowest BCUT2D eigenvalue weighted by molar-refractivity contribution is 0.477. The van der Waals surface area contributed by atoms with E-state index in [4.69, 9.17) is 44.6 Å². The fourth-order valence-electron chi connectivity index (χ4n) is 9.44. The monoisotopic (exact) mass is 972 g/mol. The molecule has 0 radical (unpaired) electrons. The molecule has 14 heteroatoms. The molecule has 0 atom stereocenters. The summed E-state index contributed by atoms with van der Waals surface area (Å²) < 4.78 is 6.66. The molecule has 6 aromatic carbocycles. The van der Waals surface area contributed by atoms with Crippen molar-refractivity contribution in [1.82, 2.24) is 49.8 Å². The summed E-state index contributed by atoms with van der Waals surface area (Å²) in [6, 6.07) is 64.7. The van der Waals surface area contributed by atoms with Gasteiger partial charge in [0, 0.05) is 56.8 Å². The second-order valence-corrected chi connectivity index (χ2v) is 18.4. The lowest BCUT2D eigenvalue weighted by Gasteiger charge is -2.36. The molecule has 2 aliphatic heterocycles. The van der Waals surface area contributed by atoms with E-state index in [1.54, 1.807) is 36.5 Å². The van der Waals surface area contributed by atoms with Crippen molar-refractivity contribution in [3.05, 3.63) is 219 Å². The molecule has 14 rings (SSSR count). The predicted molar refractivity (Wildman–Crippen MR) is 288 cm³/mol. The number of fused-ring (bicyclic) bond motifs is 5. The minimum absolute atomic E-state index is 0.383. The number of ether oxygens (including phenoxy) is 1. The molecular formula is C60H36N12OS. The van der Waals surface area contributed by atoms with Gasteiger partial charge in [-0.15, -0.1) is 0 Å². The van der Waals surface area contributed by atoms with E-state index in [0.717, 1.165) is 54.7 Å². The van der Waals surface area contributed by atoms with Crippen LogP contribution in [0, 0.1) is 0 Å². The summed E-state index contributed by atoms with van der Waals surface area (Å²) in [4.78, 5) is 56.6. The Balaban J connectivity index is 1.13. The first-order chi connectivity index (χ1) is 36.7. The number of rotatable bonds is 8. The summed E-state index contributed by atoms with van der Waals surface area (Å²) in [7, 11) is 0. The molecular weight excluding hydrogens is 937 g/mol. The normalized spacial score (nSPS) is 12.3. The van der Waals surface area contributed by atoms with Crippen LogP contribution in [0.2, 0.25) is 0 Å². The third-order valence-corrected chi connectivity index (χ3v) is 13.9. The number of anilines is 6. The van der Waals surface area contributed by atoms with Gasteiger partial charge in [0.25, 0.3) is 0 Å². The van der Waals surface area contributed by atoms with Crippen molar-refractivity contribution >= 4 is 56.7 Å². The first-order valence-corrected chi connectivity index (χ1v) is 24.6.